The van der Waals surface area contributed by atoms with Crippen LogP contribution in [-0.4, -0.2) is 23.7 Å². The molecule has 1 aromatic carbocycles. The second-order valence-corrected chi connectivity index (χ2v) is 4.92. The van der Waals surface area contributed by atoms with Gasteiger partial charge in [-0.2, -0.15) is 0 Å². The van der Waals surface area contributed by atoms with Crippen LogP contribution in [0.4, 0.5) is 0 Å². The van der Waals surface area contributed by atoms with Crippen molar-refractivity contribution in [3.05, 3.63) is 34.3 Å². The largest absolute Gasteiger partial charge is 0.394 e. The number of aliphatic hydroxyl groups excluding tert-OH is 1. The number of halogens is 1. The number of nitrogens with one attached hydrogen (secondary N) is 1. The van der Waals surface area contributed by atoms with Crippen molar-refractivity contribution in [2.75, 3.05) is 6.61 Å². The highest BCUT2D eigenvalue weighted by atomic mass is 35.5. The number of amides is 1. The van der Waals surface area contributed by atoms with E-state index in [0.717, 1.165) is 11.1 Å². The number of carbonyl (C=O) groups excluding carboxylic acids is 1. The van der Waals surface area contributed by atoms with E-state index in [1.807, 2.05) is 18.2 Å². The molecule has 0 aromatic heterocycles. The smallest absolute Gasteiger partial charge is 0.239 e. The van der Waals surface area contributed by atoms with Gasteiger partial charge >= 0.3 is 0 Å². The fourth-order valence-corrected chi connectivity index (χ4v) is 1.72. The minimum atomic E-state index is -0.890. The van der Waals surface area contributed by atoms with Gasteiger partial charge in [-0.1, -0.05) is 37.6 Å². The van der Waals surface area contributed by atoms with Crippen molar-refractivity contribution in [3.8, 4) is 0 Å². The normalized spacial score (nSPS) is 12.6. The van der Waals surface area contributed by atoms with Crippen LogP contribution in [0.1, 0.15) is 30.9 Å². The van der Waals surface area contributed by atoms with E-state index in [1.165, 1.54) is 0 Å². The van der Waals surface area contributed by atoms with Crippen molar-refractivity contribution in [3.63, 3.8) is 0 Å². The zero-order chi connectivity index (χ0) is 13.7. The SMILES string of the molecule is CC(C)c1ccc(CNC(=O)[C@@H](N)CO)c(Cl)c1. The van der Waals surface area contributed by atoms with Gasteiger partial charge in [0.1, 0.15) is 6.04 Å². The van der Waals surface area contributed by atoms with E-state index in [9.17, 15) is 4.79 Å². The van der Waals surface area contributed by atoms with Crippen LogP contribution in [-0.2, 0) is 11.3 Å². The second kappa shape index (κ2) is 6.73. The molecule has 5 heteroatoms. The molecule has 4 N–H and O–H groups in total. The fourth-order valence-electron chi connectivity index (χ4n) is 1.46. The number of aliphatic hydroxyl groups is 1. The molecule has 100 valence electrons. The standard InChI is InChI=1S/C13H19ClN2O2/c1-8(2)9-3-4-10(11(14)5-9)6-16-13(18)12(15)7-17/h3-5,8,12,17H,6-7,15H2,1-2H3,(H,16,18)/t12-/m0/s1. The van der Waals surface area contributed by atoms with Gasteiger partial charge in [0.25, 0.3) is 0 Å². The van der Waals surface area contributed by atoms with E-state index < -0.39 is 6.04 Å². The highest BCUT2D eigenvalue weighted by Gasteiger charge is 2.12. The molecule has 18 heavy (non-hydrogen) atoms. The lowest BCUT2D eigenvalue weighted by Crippen LogP contribution is -2.42. The van der Waals surface area contributed by atoms with E-state index in [1.54, 1.807) is 0 Å². The molecule has 1 atom stereocenters. The van der Waals surface area contributed by atoms with Gasteiger partial charge in [0.05, 0.1) is 6.61 Å². The van der Waals surface area contributed by atoms with Crippen molar-refractivity contribution in [1.82, 2.24) is 5.32 Å². The Balaban J connectivity index is 2.66. The molecule has 0 saturated heterocycles. The van der Waals surface area contributed by atoms with Gasteiger partial charge in [-0.05, 0) is 23.1 Å². The van der Waals surface area contributed by atoms with Gasteiger partial charge in [-0.15, -0.1) is 0 Å². The van der Waals surface area contributed by atoms with E-state index in [0.29, 0.717) is 17.5 Å². The van der Waals surface area contributed by atoms with Gasteiger partial charge in [-0.3, -0.25) is 4.79 Å². The molecule has 0 aliphatic rings. The van der Waals surface area contributed by atoms with E-state index in [2.05, 4.69) is 19.2 Å². The van der Waals surface area contributed by atoms with E-state index >= 15 is 0 Å². The molecular formula is C13H19ClN2O2. The lowest BCUT2D eigenvalue weighted by molar-refractivity contribution is -0.123. The first-order valence-electron chi connectivity index (χ1n) is 5.88. The third-order valence-corrected chi connectivity index (χ3v) is 3.08. The van der Waals surface area contributed by atoms with Gasteiger partial charge < -0.3 is 16.2 Å². The maximum atomic E-state index is 11.4. The van der Waals surface area contributed by atoms with Crippen molar-refractivity contribution in [1.29, 1.82) is 0 Å². The highest BCUT2D eigenvalue weighted by molar-refractivity contribution is 6.31. The number of hydrogen-bond acceptors (Lipinski definition) is 3. The molecule has 0 saturated carbocycles. The topological polar surface area (TPSA) is 75.4 Å². The number of rotatable bonds is 5. The van der Waals surface area contributed by atoms with Crippen LogP contribution in [0.3, 0.4) is 0 Å². The lowest BCUT2D eigenvalue weighted by Gasteiger charge is -2.12. The third-order valence-electron chi connectivity index (χ3n) is 2.73. The molecule has 1 aromatic rings. The van der Waals surface area contributed by atoms with Gasteiger partial charge in [0.2, 0.25) is 5.91 Å². The molecular weight excluding hydrogens is 252 g/mol. The van der Waals surface area contributed by atoms with Crippen LogP contribution in [0, 0.1) is 0 Å². The Morgan fingerprint density at radius 2 is 2.17 bits per heavy atom. The first-order valence-corrected chi connectivity index (χ1v) is 6.26. The number of nitrogens with two attached hydrogens (primary N) is 1. The van der Waals surface area contributed by atoms with Gasteiger partial charge in [0.15, 0.2) is 0 Å². The average Bonchev–Trinajstić information content (AvgIpc) is 2.35. The van der Waals surface area contributed by atoms with Crippen LogP contribution < -0.4 is 11.1 Å². The van der Waals surface area contributed by atoms with E-state index in [4.69, 9.17) is 22.4 Å². The van der Waals surface area contributed by atoms with Crippen molar-refractivity contribution in [2.45, 2.75) is 32.4 Å². The summed E-state index contributed by atoms with van der Waals surface area (Å²) in [6.45, 7) is 4.12. The summed E-state index contributed by atoms with van der Waals surface area (Å²) in [5, 5.41) is 12.0. The summed E-state index contributed by atoms with van der Waals surface area (Å²) in [6.07, 6.45) is 0. The first-order chi connectivity index (χ1) is 8.45. The Morgan fingerprint density at radius 3 is 2.67 bits per heavy atom. The lowest BCUT2D eigenvalue weighted by atomic mass is 10.0. The van der Waals surface area contributed by atoms with Crippen molar-refractivity contribution in [2.24, 2.45) is 5.73 Å². The number of hydrogen-bond donors (Lipinski definition) is 3. The summed E-state index contributed by atoms with van der Waals surface area (Å²) in [6, 6.07) is 4.89. The molecule has 0 heterocycles. The monoisotopic (exact) mass is 270 g/mol. The average molecular weight is 271 g/mol. The Morgan fingerprint density at radius 1 is 1.50 bits per heavy atom. The molecule has 4 nitrogen and oxygen atoms in total. The van der Waals surface area contributed by atoms with Crippen LogP contribution in [0.2, 0.25) is 5.02 Å². The number of benzene rings is 1. The first kappa shape index (κ1) is 15.0. The molecule has 0 bridgehead atoms. The maximum absolute atomic E-state index is 11.4. The summed E-state index contributed by atoms with van der Waals surface area (Å²) in [5.74, 6) is 0.0236. The van der Waals surface area contributed by atoms with Crippen LogP contribution in [0.5, 0.6) is 0 Å². The second-order valence-electron chi connectivity index (χ2n) is 4.51. The molecule has 1 amide bonds. The maximum Gasteiger partial charge on any atom is 0.239 e. The fraction of sp³-hybridized carbons (Fsp3) is 0.462. The minimum absolute atomic E-state index is 0.309. The molecule has 0 radical (unpaired) electrons. The quantitative estimate of drug-likeness (QED) is 0.757. The van der Waals surface area contributed by atoms with Crippen molar-refractivity contribution >= 4 is 17.5 Å². The molecule has 0 aliphatic carbocycles. The Hall–Kier alpha value is -1.10. The van der Waals surface area contributed by atoms with Crippen molar-refractivity contribution < 1.29 is 9.90 Å². The summed E-state index contributed by atoms with van der Waals surface area (Å²) in [4.78, 5) is 11.4. The van der Waals surface area contributed by atoms with E-state index in [-0.39, 0.29) is 12.5 Å². The summed E-state index contributed by atoms with van der Waals surface area (Å²) >= 11 is 6.14. The molecule has 1 rings (SSSR count). The highest BCUT2D eigenvalue weighted by Crippen LogP contribution is 2.22. The molecule has 0 spiro atoms. The zero-order valence-electron chi connectivity index (χ0n) is 10.6. The zero-order valence-corrected chi connectivity index (χ0v) is 11.4. The van der Waals surface area contributed by atoms with Crippen LogP contribution in [0.15, 0.2) is 18.2 Å². The number of carbonyl (C=O) groups is 1. The molecule has 0 fully saturated rings. The Kier molecular flexibility index (Phi) is 5.59. The predicted octanol–water partition coefficient (Wildman–Crippen LogP) is 1.40. The minimum Gasteiger partial charge on any atom is -0.394 e. The van der Waals surface area contributed by atoms with Crippen LogP contribution >= 0.6 is 11.6 Å². The Bertz CT molecular complexity index is 421. The Labute approximate surface area is 112 Å². The third kappa shape index (κ3) is 3.98. The van der Waals surface area contributed by atoms with Gasteiger partial charge in [0, 0.05) is 11.6 Å². The van der Waals surface area contributed by atoms with Crippen LogP contribution in [0.25, 0.3) is 0 Å². The summed E-state index contributed by atoms with van der Waals surface area (Å²) in [7, 11) is 0. The summed E-state index contributed by atoms with van der Waals surface area (Å²) in [5.41, 5.74) is 7.38. The predicted molar refractivity (Wildman–Crippen MR) is 72.4 cm³/mol. The summed E-state index contributed by atoms with van der Waals surface area (Å²) < 4.78 is 0. The van der Waals surface area contributed by atoms with Gasteiger partial charge in [-0.25, -0.2) is 0 Å². The molecule has 0 aliphatic heterocycles. The molecule has 0 unspecified atom stereocenters.